The highest BCUT2D eigenvalue weighted by Gasteiger charge is 2.23. The number of nitrogens with one attached hydrogen (secondary N) is 2. The van der Waals surface area contributed by atoms with Crippen LogP contribution in [-0.2, 0) is 11.2 Å². The molecule has 0 radical (unpaired) electrons. The highest BCUT2D eigenvalue weighted by Crippen LogP contribution is 2.23. The van der Waals surface area contributed by atoms with Crippen LogP contribution in [0.4, 0.5) is 5.69 Å². The average Bonchev–Trinajstić information content (AvgIpc) is 2.90. The molecule has 1 heterocycles. The van der Waals surface area contributed by atoms with E-state index in [1.165, 1.54) is 0 Å². The van der Waals surface area contributed by atoms with Crippen molar-refractivity contribution in [1.29, 1.82) is 0 Å². The minimum absolute atomic E-state index is 0.0700. The highest BCUT2D eigenvalue weighted by atomic mass is 16.4. The molecule has 0 aromatic heterocycles. The first-order valence-electron chi connectivity index (χ1n) is 6.92. The third kappa shape index (κ3) is 2.99. The minimum Gasteiger partial charge on any atom is -0.480 e. The fourth-order valence-corrected chi connectivity index (χ4v) is 2.45. The number of carbonyl (C=O) groups excluding carboxylic acids is 1. The van der Waals surface area contributed by atoms with Gasteiger partial charge in [-0.1, -0.05) is 6.92 Å². The summed E-state index contributed by atoms with van der Waals surface area (Å²) in [7, 11) is 0. The van der Waals surface area contributed by atoms with Crippen molar-refractivity contribution >= 4 is 17.4 Å². The summed E-state index contributed by atoms with van der Waals surface area (Å²) in [6.07, 6.45) is 1.37. The molecule has 0 aliphatic carbocycles. The van der Waals surface area contributed by atoms with Crippen LogP contribution in [0.25, 0.3) is 0 Å². The Morgan fingerprint density at radius 3 is 2.85 bits per heavy atom. The molecule has 0 saturated heterocycles. The van der Waals surface area contributed by atoms with Crippen molar-refractivity contribution in [3.05, 3.63) is 29.3 Å². The zero-order valence-corrected chi connectivity index (χ0v) is 11.8. The van der Waals surface area contributed by atoms with E-state index in [1.54, 1.807) is 19.9 Å². The van der Waals surface area contributed by atoms with E-state index in [0.717, 1.165) is 24.2 Å². The molecule has 2 rings (SSSR count). The Morgan fingerprint density at radius 1 is 1.45 bits per heavy atom. The van der Waals surface area contributed by atoms with Crippen molar-refractivity contribution < 1.29 is 14.7 Å². The maximum absolute atomic E-state index is 12.3. The van der Waals surface area contributed by atoms with E-state index in [0.29, 0.717) is 12.0 Å². The van der Waals surface area contributed by atoms with Crippen LogP contribution in [0.3, 0.4) is 0 Å². The first-order valence-corrected chi connectivity index (χ1v) is 6.92. The first kappa shape index (κ1) is 14.5. The maximum atomic E-state index is 12.3. The number of hydrogen-bond donors (Lipinski definition) is 3. The van der Waals surface area contributed by atoms with Gasteiger partial charge in [0, 0.05) is 17.8 Å². The number of fused-ring (bicyclic) bond motifs is 1. The molecule has 108 valence electrons. The number of carboxylic acid groups (broad SMARTS) is 1. The molecule has 1 aliphatic heterocycles. The topological polar surface area (TPSA) is 78.4 Å². The number of aliphatic carboxylic acids is 1. The van der Waals surface area contributed by atoms with Crippen LogP contribution in [0.15, 0.2) is 18.2 Å². The van der Waals surface area contributed by atoms with Gasteiger partial charge in [-0.25, -0.2) is 0 Å². The quantitative estimate of drug-likeness (QED) is 0.689. The van der Waals surface area contributed by atoms with Crippen LogP contribution in [0.5, 0.6) is 0 Å². The number of Topliss-reactive ketones (excluding diaryl/α,β-unsaturated/α-hetero) is 1. The average molecular weight is 276 g/mol. The van der Waals surface area contributed by atoms with Gasteiger partial charge in [0.2, 0.25) is 0 Å². The lowest BCUT2D eigenvalue weighted by atomic mass is 10.0. The fourth-order valence-electron chi connectivity index (χ4n) is 2.45. The fraction of sp³-hybridized carbons (Fsp3) is 0.467. The number of carbonyl (C=O) groups is 2. The van der Waals surface area contributed by atoms with E-state index < -0.39 is 18.1 Å². The minimum atomic E-state index is -0.926. The van der Waals surface area contributed by atoms with Gasteiger partial charge in [-0.2, -0.15) is 0 Å². The van der Waals surface area contributed by atoms with E-state index in [9.17, 15) is 9.59 Å². The Hall–Kier alpha value is -1.88. The summed E-state index contributed by atoms with van der Waals surface area (Å²) in [5.41, 5.74) is 2.86. The third-order valence-electron chi connectivity index (χ3n) is 3.65. The number of rotatable bonds is 6. The van der Waals surface area contributed by atoms with Gasteiger partial charge in [-0.15, -0.1) is 0 Å². The largest absolute Gasteiger partial charge is 0.480 e. The lowest BCUT2D eigenvalue weighted by Gasteiger charge is -2.18. The van der Waals surface area contributed by atoms with Crippen LogP contribution in [-0.4, -0.2) is 35.5 Å². The van der Waals surface area contributed by atoms with Crippen LogP contribution >= 0.6 is 0 Å². The second-order valence-corrected chi connectivity index (χ2v) is 5.10. The summed E-state index contributed by atoms with van der Waals surface area (Å²) in [6.45, 7) is 4.39. The van der Waals surface area contributed by atoms with Gasteiger partial charge in [0.25, 0.3) is 0 Å². The molecule has 0 saturated carbocycles. The summed E-state index contributed by atoms with van der Waals surface area (Å²) in [5.74, 6) is -0.996. The predicted molar refractivity (Wildman–Crippen MR) is 77.3 cm³/mol. The molecule has 1 aromatic rings. The Balaban J connectivity index is 2.08. The van der Waals surface area contributed by atoms with Crippen LogP contribution < -0.4 is 10.6 Å². The molecule has 2 unspecified atom stereocenters. The van der Waals surface area contributed by atoms with Crippen molar-refractivity contribution in [3.63, 3.8) is 0 Å². The molecule has 0 spiro atoms. The maximum Gasteiger partial charge on any atom is 0.320 e. The monoisotopic (exact) mass is 276 g/mol. The van der Waals surface area contributed by atoms with E-state index in [4.69, 9.17) is 5.11 Å². The van der Waals surface area contributed by atoms with E-state index in [1.807, 2.05) is 12.1 Å². The normalized spacial score (nSPS) is 16.1. The molecule has 5 nitrogen and oxygen atoms in total. The van der Waals surface area contributed by atoms with Gasteiger partial charge < -0.3 is 10.4 Å². The zero-order chi connectivity index (χ0) is 14.7. The molecule has 1 aliphatic rings. The second kappa shape index (κ2) is 6.05. The van der Waals surface area contributed by atoms with Gasteiger partial charge in [0.15, 0.2) is 5.78 Å². The summed E-state index contributed by atoms with van der Waals surface area (Å²) in [4.78, 5) is 23.3. The van der Waals surface area contributed by atoms with Gasteiger partial charge in [-0.05, 0) is 43.5 Å². The highest BCUT2D eigenvalue weighted by molar-refractivity contribution is 6.00. The van der Waals surface area contributed by atoms with Crippen LogP contribution in [0, 0.1) is 0 Å². The van der Waals surface area contributed by atoms with Crippen LogP contribution in [0.2, 0.25) is 0 Å². The number of hydrogen-bond acceptors (Lipinski definition) is 4. The standard InChI is InChI=1S/C15H20N2O3/c1-3-12(15(19)20)17-9(2)14(18)11-4-5-13-10(8-11)6-7-16-13/h4-5,8-9,12,16-17H,3,6-7H2,1-2H3,(H,19,20). The Morgan fingerprint density at radius 2 is 2.20 bits per heavy atom. The Labute approximate surface area is 118 Å². The number of carboxylic acids is 1. The van der Waals surface area contributed by atoms with E-state index in [2.05, 4.69) is 10.6 Å². The molecule has 0 amide bonds. The lowest BCUT2D eigenvalue weighted by Crippen LogP contribution is -2.45. The van der Waals surface area contributed by atoms with Crippen molar-refractivity contribution in [2.75, 3.05) is 11.9 Å². The zero-order valence-electron chi connectivity index (χ0n) is 11.8. The molecule has 0 fully saturated rings. The molecular formula is C15H20N2O3. The summed E-state index contributed by atoms with van der Waals surface area (Å²) >= 11 is 0. The third-order valence-corrected chi connectivity index (χ3v) is 3.65. The van der Waals surface area contributed by atoms with Crippen molar-refractivity contribution in [3.8, 4) is 0 Å². The molecule has 1 aromatic carbocycles. The Kier molecular flexibility index (Phi) is 4.39. The van der Waals surface area contributed by atoms with Gasteiger partial charge >= 0.3 is 5.97 Å². The summed E-state index contributed by atoms with van der Waals surface area (Å²) < 4.78 is 0. The van der Waals surface area contributed by atoms with E-state index in [-0.39, 0.29) is 5.78 Å². The summed E-state index contributed by atoms with van der Waals surface area (Å²) in [6, 6.07) is 4.40. The second-order valence-electron chi connectivity index (χ2n) is 5.10. The van der Waals surface area contributed by atoms with Crippen LogP contribution in [0.1, 0.15) is 36.2 Å². The molecular weight excluding hydrogens is 256 g/mol. The van der Waals surface area contributed by atoms with Gasteiger partial charge in [-0.3, -0.25) is 14.9 Å². The van der Waals surface area contributed by atoms with E-state index >= 15 is 0 Å². The summed E-state index contributed by atoms with van der Waals surface area (Å²) in [5, 5.41) is 15.1. The predicted octanol–water partition coefficient (Wildman–Crippen LogP) is 1.68. The van der Waals surface area contributed by atoms with Crippen molar-refractivity contribution in [2.45, 2.75) is 38.8 Å². The smallest absolute Gasteiger partial charge is 0.320 e. The van der Waals surface area contributed by atoms with Gasteiger partial charge in [0.05, 0.1) is 6.04 Å². The number of ketones is 1. The first-order chi connectivity index (χ1) is 9.52. The molecule has 2 atom stereocenters. The molecule has 5 heteroatoms. The molecule has 20 heavy (non-hydrogen) atoms. The SMILES string of the molecule is CCC(NC(C)C(=O)c1ccc2c(c1)CCN2)C(=O)O. The molecule has 0 bridgehead atoms. The number of anilines is 1. The van der Waals surface area contributed by atoms with Gasteiger partial charge in [0.1, 0.15) is 6.04 Å². The molecule has 3 N–H and O–H groups in total. The number of benzene rings is 1. The van der Waals surface area contributed by atoms with Crippen molar-refractivity contribution in [1.82, 2.24) is 5.32 Å². The van der Waals surface area contributed by atoms with Crippen molar-refractivity contribution in [2.24, 2.45) is 0 Å². The lowest BCUT2D eigenvalue weighted by molar-refractivity contribution is -0.139. The Bertz CT molecular complexity index is 528.